The van der Waals surface area contributed by atoms with Crippen LogP contribution in [0.15, 0.2) is 37.0 Å². The molecule has 1 aliphatic rings. The van der Waals surface area contributed by atoms with Gasteiger partial charge in [0, 0.05) is 5.92 Å². The van der Waals surface area contributed by atoms with Gasteiger partial charge in [0.1, 0.15) is 0 Å². The van der Waals surface area contributed by atoms with E-state index in [1.807, 2.05) is 24.3 Å². The Hall–Kier alpha value is -1.22. The average molecular weight is 130 g/mol. The summed E-state index contributed by atoms with van der Waals surface area (Å²) in [4.78, 5) is 0. The third-order valence-corrected chi connectivity index (χ3v) is 1.32. The standard InChI is InChI=1S/C10H10/c1-2-7-10-8-5-3-4-6-9-10/h2-5,8,10H,1,7H2. The van der Waals surface area contributed by atoms with Gasteiger partial charge < -0.3 is 0 Å². The Morgan fingerprint density at radius 2 is 2.40 bits per heavy atom. The van der Waals surface area contributed by atoms with Crippen LogP contribution in [0, 0.1) is 17.8 Å². The third-order valence-electron chi connectivity index (χ3n) is 1.32. The van der Waals surface area contributed by atoms with Gasteiger partial charge in [0.15, 0.2) is 0 Å². The van der Waals surface area contributed by atoms with Crippen LogP contribution in [-0.4, -0.2) is 0 Å². The van der Waals surface area contributed by atoms with Gasteiger partial charge in [-0.2, -0.15) is 0 Å². The van der Waals surface area contributed by atoms with E-state index < -0.39 is 0 Å². The van der Waals surface area contributed by atoms with Gasteiger partial charge in [-0.3, -0.25) is 0 Å². The van der Waals surface area contributed by atoms with Crippen molar-refractivity contribution >= 4 is 0 Å². The second-order valence-corrected chi connectivity index (χ2v) is 2.16. The van der Waals surface area contributed by atoms with Gasteiger partial charge in [-0.1, -0.05) is 36.1 Å². The van der Waals surface area contributed by atoms with Crippen molar-refractivity contribution in [3.63, 3.8) is 0 Å². The zero-order valence-electron chi connectivity index (χ0n) is 5.88. The Balaban J connectivity index is 2.59. The van der Waals surface area contributed by atoms with E-state index in [0.29, 0.717) is 5.92 Å². The summed E-state index contributed by atoms with van der Waals surface area (Å²) in [6.07, 6.45) is 10.8. The smallest absolute Gasteiger partial charge is 0.0423 e. The quantitative estimate of drug-likeness (QED) is 0.397. The summed E-state index contributed by atoms with van der Waals surface area (Å²) in [5.74, 6) is 6.40. The molecule has 10 heavy (non-hydrogen) atoms. The second kappa shape index (κ2) is 3.74. The highest BCUT2D eigenvalue weighted by Gasteiger charge is 1.95. The summed E-state index contributed by atoms with van der Waals surface area (Å²) in [5, 5.41) is 0. The SMILES string of the molecule is C=CCC1C#CC=CC=C1. The second-order valence-electron chi connectivity index (χ2n) is 2.16. The Kier molecular flexibility index (Phi) is 2.58. The maximum absolute atomic E-state index is 3.66. The molecule has 0 amide bonds. The summed E-state index contributed by atoms with van der Waals surface area (Å²) in [6, 6.07) is 0. The summed E-state index contributed by atoms with van der Waals surface area (Å²) in [5.41, 5.74) is 0. The number of rotatable bonds is 2. The van der Waals surface area contributed by atoms with Gasteiger partial charge in [0.25, 0.3) is 0 Å². The molecule has 0 saturated carbocycles. The molecule has 0 radical (unpaired) electrons. The third kappa shape index (κ3) is 1.95. The fourth-order valence-electron chi connectivity index (χ4n) is 0.822. The summed E-state index contributed by atoms with van der Waals surface area (Å²) < 4.78 is 0. The molecular formula is C10H10. The minimum Gasteiger partial charge on any atom is -0.103 e. The van der Waals surface area contributed by atoms with Crippen molar-refractivity contribution < 1.29 is 0 Å². The molecule has 1 atom stereocenters. The highest BCUT2D eigenvalue weighted by molar-refractivity contribution is 5.27. The van der Waals surface area contributed by atoms with Crippen LogP contribution in [0.2, 0.25) is 0 Å². The molecule has 1 aliphatic carbocycles. The topological polar surface area (TPSA) is 0 Å². The molecule has 0 aromatic carbocycles. The largest absolute Gasteiger partial charge is 0.103 e. The van der Waals surface area contributed by atoms with Crippen LogP contribution >= 0.6 is 0 Å². The molecule has 0 fully saturated rings. The predicted octanol–water partition coefficient (Wildman–Crippen LogP) is 2.31. The van der Waals surface area contributed by atoms with E-state index >= 15 is 0 Å². The first-order valence-corrected chi connectivity index (χ1v) is 3.39. The van der Waals surface area contributed by atoms with Crippen molar-refractivity contribution in [3.05, 3.63) is 37.0 Å². The zero-order chi connectivity index (χ0) is 7.23. The molecule has 0 bridgehead atoms. The van der Waals surface area contributed by atoms with Crippen molar-refractivity contribution in [2.24, 2.45) is 5.92 Å². The van der Waals surface area contributed by atoms with E-state index in [1.165, 1.54) is 0 Å². The number of hydrogen-bond acceptors (Lipinski definition) is 0. The van der Waals surface area contributed by atoms with E-state index in [1.54, 1.807) is 0 Å². The lowest BCUT2D eigenvalue weighted by atomic mass is 10.1. The zero-order valence-corrected chi connectivity index (χ0v) is 5.88. The molecule has 0 nitrogen and oxygen atoms in total. The molecule has 50 valence electrons. The normalized spacial score (nSPS) is 21.0. The van der Waals surface area contributed by atoms with Crippen molar-refractivity contribution in [2.45, 2.75) is 6.42 Å². The van der Waals surface area contributed by atoms with Crippen LogP contribution in [0.4, 0.5) is 0 Å². The predicted molar refractivity (Wildman–Crippen MR) is 44.4 cm³/mol. The van der Waals surface area contributed by atoms with Gasteiger partial charge >= 0.3 is 0 Å². The molecule has 0 spiro atoms. The van der Waals surface area contributed by atoms with Gasteiger partial charge in [-0.15, -0.1) is 6.58 Å². The van der Waals surface area contributed by atoms with Gasteiger partial charge in [0.2, 0.25) is 0 Å². The lowest BCUT2D eigenvalue weighted by Crippen LogP contribution is -1.87. The van der Waals surface area contributed by atoms with Crippen LogP contribution in [0.25, 0.3) is 0 Å². The molecule has 0 heteroatoms. The maximum Gasteiger partial charge on any atom is 0.0423 e. The van der Waals surface area contributed by atoms with E-state index in [2.05, 4.69) is 24.5 Å². The molecular weight excluding hydrogens is 120 g/mol. The molecule has 0 saturated heterocycles. The van der Waals surface area contributed by atoms with Crippen molar-refractivity contribution in [2.75, 3.05) is 0 Å². The fraction of sp³-hybridized carbons (Fsp3) is 0.200. The molecule has 1 rings (SSSR count). The minimum absolute atomic E-state index is 0.368. The van der Waals surface area contributed by atoms with Gasteiger partial charge in [0.05, 0.1) is 0 Å². The lowest BCUT2D eigenvalue weighted by molar-refractivity contribution is 0.866. The van der Waals surface area contributed by atoms with Crippen LogP contribution in [-0.2, 0) is 0 Å². The molecule has 0 aromatic heterocycles. The molecule has 1 unspecified atom stereocenters. The maximum atomic E-state index is 3.66. The lowest BCUT2D eigenvalue weighted by Gasteiger charge is -1.96. The Morgan fingerprint density at radius 1 is 1.50 bits per heavy atom. The minimum atomic E-state index is 0.368. The molecule has 0 heterocycles. The first kappa shape index (κ1) is 6.89. The van der Waals surface area contributed by atoms with Crippen molar-refractivity contribution in [3.8, 4) is 11.8 Å². The summed E-state index contributed by atoms with van der Waals surface area (Å²) in [7, 11) is 0. The summed E-state index contributed by atoms with van der Waals surface area (Å²) in [6.45, 7) is 3.66. The van der Waals surface area contributed by atoms with Crippen LogP contribution in [0.1, 0.15) is 6.42 Å². The first-order valence-electron chi connectivity index (χ1n) is 3.39. The van der Waals surface area contributed by atoms with E-state index in [4.69, 9.17) is 0 Å². The molecule has 0 aliphatic heterocycles. The van der Waals surface area contributed by atoms with Gasteiger partial charge in [-0.05, 0) is 12.5 Å². The highest BCUT2D eigenvalue weighted by atomic mass is 14.0. The summed E-state index contributed by atoms with van der Waals surface area (Å²) >= 11 is 0. The monoisotopic (exact) mass is 130 g/mol. The van der Waals surface area contributed by atoms with Crippen LogP contribution < -0.4 is 0 Å². The fourth-order valence-corrected chi connectivity index (χ4v) is 0.822. The Morgan fingerprint density at radius 3 is 3.20 bits per heavy atom. The first-order chi connectivity index (χ1) is 4.93. The number of allylic oxidation sites excluding steroid dienone is 5. The number of hydrogen-bond donors (Lipinski definition) is 0. The highest BCUT2D eigenvalue weighted by Crippen LogP contribution is 2.05. The van der Waals surface area contributed by atoms with E-state index in [-0.39, 0.29) is 0 Å². The molecule has 0 N–H and O–H groups in total. The van der Waals surface area contributed by atoms with Crippen LogP contribution in [0.5, 0.6) is 0 Å². The van der Waals surface area contributed by atoms with Crippen molar-refractivity contribution in [1.82, 2.24) is 0 Å². The van der Waals surface area contributed by atoms with Gasteiger partial charge in [-0.25, -0.2) is 0 Å². The van der Waals surface area contributed by atoms with Crippen LogP contribution in [0.3, 0.4) is 0 Å². The van der Waals surface area contributed by atoms with E-state index in [9.17, 15) is 0 Å². The van der Waals surface area contributed by atoms with Crippen molar-refractivity contribution in [1.29, 1.82) is 0 Å². The Labute approximate surface area is 61.9 Å². The van der Waals surface area contributed by atoms with E-state index in [0.717, 1.165) is 6.42 Å². The Bertz CT molecular complexity index is 220. The average Bonchev–Trinajstić information content (AvgIpc) is 2.17. The molecule has 0 aromatic rings.